The van der Waals surface area contributed by atoms with E-state index in [-0.39, 0.29) is 24.1 Å². The summed E-state index contributed by atoms with van der Waals surface area (Å²) in [7, 11) is 1.58. The van der Waals surface area contributed by atoms with Gasteiger partial charge in [-0.3, -0.25) is 14.5 Å². The second kappa shape index (κ2) is 5.77. The molecule has 112 valence electrons. The summed E-state index contributed by atoms with van der Waals surface area (Å²) >= 11 is 0. The van der Waals surface area contributed by atoms with Crippen molar-refractivity contribution in [3.8, 4) is 5.75 Å². The van der Waals surface area contributed by atoms with E-state index in [1.807, 2.05) is 0 Å². The lowest BCUT2D eigenvalue weighted by molar-refractivity contribution is -0.138. The highest BCUT2D eigenvalue weighted by molar-refractivity contribution is 6.17. The molecule has 1 aromatic heterocycles. The van der Waals surface area contributed by atoms with Crippen LogP contribution in [0.25, 0.3) is 0 Å². The number of rotatable bonds is 5. The molecule has 22 heavy (non-hydrogen) atoms. The first-order valence-electron chi connectivity index (χ1n) is 6.68. The SMILES string of the molecule is COc1ccc(NC2=CC(=O)N(Cc3ccco3)C2=O)cc1. The highest BCUT2D eigenvalue weighted by atomic mass is 16.5. The fourth-order valence-corrected chi connectivity index (χ4v) is 2.14. The van der Waals surface area contributed by atoms with Crippen molar-refractivity contribution in [2.45, 2.75) is 6.54 Å². The smallest absolute Gasteiger partial charge is 0.277 e. The number of carbonyl (C=O) groups excluding carboxylic acids is 2. The molecule has 1 aromatic carbocycles. The van der Waals surface area contributed by atoms with E-state index in [1.54, 1.807) is 43.5 Å². The molecule has 2 aromatic rings. The molecule has 1 N–H and O–H groups in total. The zero-order chi connectivity index (χ0) is 15.5. The van der Waals surface area contributed by atoms with Gasteiger partial charge in [-0.05, 0) is 36.4 Å². The summed E-state index contributed by atoms with van der Waals surface area (Å²) < 4.78 is 10.2. The molecule has 0 aliphatic carbocycles. The lowest BCUT2D eigenvalue weighted by Gasteiger charge is -2.13. The van der Waals surface area contributed by atoms with E-state index in [2.05, 4.69) is 5.32 Å². The summed E-state index contributed by atoms with van der Waals surface area (Å²) in [5.74, 6) is 0.531. The monoisotopic (exact) mass is 298 g/mol. The van der Waals surface area contributed by atoms with E-state index in [1.165, 1.54) is 12.3 Å². The van der Waals surface area contributed by atoms with Crippen molar-refractivity contribution in [3.63, 3.8) is 0 Å². The molecule has 6 nitrogen and oxygen atoms in total. The Morgan fingerprint density at radius 3 is 2.59 bits per heavy atom. The van der Waals surface area contributed by atoms with Crippen molar-refractivity contribution in [2.24, 2.45) is 0 Å². The third-order valence-corrected chi connectivity index (χ3v) is 3.27. The number of hydrogen-bond acceptors (Lipinski definition) is 5. The first-order chi connectivity index (χ1) is 10.7. The van der Waals surface area contributed by atoms with Crippen LogP contribution < -0.4 is 10.1 Å². The highest BCUT2D eigenvalue weighted by Gasteiger charge is 2.31. The van der Waals surface area contributed by atoms with E-state index in [4.69, 9.17) is 9.15 Å². The van der Waals surface area contributed by atoms with E-state index < -0.39 is 0 Å². The summed E-state index contributed by atoms with van der Waals surface area (Å²) in [4.78, 5) is 25.3. The van der Waals surface area contributed by atoms with Crippen LogP contribution in [0.5, 0.6) is 5.75 Å². The molecule has 0 bridgehead atoms. The Bertz CT molecular complexity index is 717. The maximum atomic E-state index is 12.3. The number of furan rings is 1. The van der Waals surface area contributed by atoms with Crippen molar-refractivity contribution in [2.75, 3.05) is 12.4 Å². The number of ether oxygens (including phenoxy) is 1. The maximum Gasteiger partial charge on any atom is 0.277 e. The van der Waals surface area contributed by atoms with Gasteiger partial charge in [0.05, 0.1) is 19.9 Å². The zero-order valence-corrected chi connectivity index (χ0v) is 11.9. The summed E-state index contributed by atoms with van der Waals surface area (Å²) in [6.45, 7) is 0.120. The molecule has 0 unspecified atom stereocenters. The van der Waals surface area contributed by atoms with Gasteiger partial charge in [0.25, 0.3) is 11.8 Å². The maximum absolute atomic E-state index is 12.3. The average molecular weight is 298 g/mol. The van der Waals surface area contributed by atoms with Crippen LogP contribution in [-0.4, -0.2) is 23.8 Å². The van der Waals surface area contributed by atoms with Crippen LogP contribution in [0, 0.1) is 0 Å². The molecule has 0 fully saturated rings. The fourth-order valence-electron chi connectivity index (χ4n) is 2.14. The van der Waals surface area contributed by atoms with Gasteiger partial charge >= 0.3 is 0 Å². The normalized spacial score (nSPS) is 14.2. The van der Waals surface area contributed by atoms with Gasteiger partial charge in [-0.1, -0.05) is 0 Å². The Morgan fingerprint density at radius 1 is 1.18 bits per heavy atom. The number of amides is 2. The van der Waals surface area contributed by atoms with Crippen LogP contribution in [-0.2, 0) is 16.1 Å². The van der Waals surface area contributed by atoms with Crippen molar-refractivity contribution in [1.29, 1.82) is 0 Å². The lowest BCUT2D eigenvalue weighted by Crippen LogP contribution is -2.31. The Hall–Kier alpha value is -3.02. The second-order valence-electron chi connectivity index (χ2n) is 4.72. The van der Waals surface area contributed by atoms with Gasteiger partial charge in [0.2, 0.25) is 0 Å². The molecule has 0 radical (unpaired) electrons. The standard InChI is InChI=1S/C16H14N2O4/c1-21-12-6-4-11(5-7-12)17-14-9-15(19)18(16(14)20)10-13-3-2-8-22-13/h2-9,17H,10H2,1H3. The molecule has 2 heterocycles. The summed E-state index contributed by atoms with van der Waals surface area (Å²) in [5, 5.41) is 2.94. The predicted octanol–water partition coefficient (Wildman–Crippen LogP) is 2.15. The molecular formula is C16H14N2O4. The van der Waals surface area contributed by atoms with Crippen LogP contribution in [0.2, 0.25) is 0 Å². The number of benzene rings is 1. The summed E-state index contributed by atoms with van der Waals surface area (Å²) in [6.07, 6.45) is 2.79. The lowest BCUT2D eigenvalue weighted by atomic mass is 10.3. The summed E-state index contributed by atoms with van der Waals surface area (Å²) in [6, 6.07) is 10.5. The Labute approximate surface area is 127 Å². The molecule has 1 aliphatic heterocycles. The molecule has 0 spiro atoms. The molecule has 1 aliphatic rings. The number of hydrogen-bond donors (Lipinski definition) is 1. The minimum Gasteiger partial charge on any atom is -0.497 e. The predicted molar refractivity (Wildman–Crippen MR) is 79.0 cm³/mol. The van der Waals surface area contributed by atoms with Gasteiger partial charge < -0.3 is 14.5 Å². The topological polar surface area (TPSA) is 71.8 Å². The minimum absolute atomic E-state index is 0.120. The number of anilines is 1. The van der Waals surface area contributed by atoms with Gasteiger partial charge in [0.15, 0.2) is 0 Å². The van der Waals surface area contributed by atoms with E-state index >= 15 is 0 Å². The molecule has 0 saturated carbocycles. The molecule has 0 atom stereocenters. The zero-order valence-electron chi connectivity index (χ0n) is 11.9. The van der Waals surface area contributed by atoms with E-state index in [0.717, 1.165) is 4.90 Å². The van der Waals surface area contributed by atoms with Crippen molar-refractivity contribution < 1.29 is 18.7 Å². The number of nitrogens with one attached hydrogen (secondary N) is 1. The number of methoxy groups -OCH3 is 1. The van der Waals surface area contributed by atoms with Crippen molar-refractivity contribution >= 4 is 17.5 Å². The van der Waals surface area contributed by atoms with Crippen LogP contribution in [0.3, 0.4) is 0 Å². The Kier molecular flexibility index (Phi) is 3.65. The van der Waals surface area contributed by atoms with Crippen molar-refractivity contribution in [3.05, 3.63) is 60.2 Å². The first kappa shape index (κ1) is 13.9. The Balaban J connectivity index is 1.70. The van der Waals surface area contributed by atoms with Crippen LogP contribution >= 0.6 is 0 Å². The largest absolute Gasteiger partial charge is 0.497 e. The van der Waals surface area contributed by atoms with Gasteiger partial charge in [-0.25, -0.2) is 0 Å². The molecule has 6 heteroatoms. The molecule has 0 saturated heterocycles. The fraction of sp³-hybridized carbons (Fsp3) is 0.125. The van der Waals surface area contributed by atoms with E-state index in [9.17, 15) is 9.59 Å². The van der Waals surface area contributed by atoms with Gasteiger partial charge in [0, 0.05) is 11.8 Å². The number of carbonyl (C=O) groups is 2. The van der Waals surface area contributed by atoms with Crippen LogP contribution in [0.4, 0.5) is 5.69 Å². The highest BCUT2D eigenvalue weighted by Crippen LogP contribution is 2.21. The Morgan fingerprint density at radius 2 is 1.95 bits per heavy atom. The van der Waals surface area contributed by atoms with E-state index in [0.29, 0.717) is 17.2 Å². The first-order valence-corrected chi connectivity index (χ1v) is 6.68. The van der Waals surface area contributed by atoms with Crippen molar-refractivity contribution in [1.82, 2.24) is 4.90 Å². The third kappa shape index (κ3) is 2.71. The molecule has 2 amide bonds. The molecular weight excluding hydrogens is 284 g/mol. The minimum atomic E-state index is -0.378. The summed E-state index contributed by atoms with van der Waals surface area (Å²) in [5.41, 5.74) is 0.940. The van der Waals surface area contributed by atoms with Crippen LogP contribution in [0.1, 0.15) is 5.76 Å². The van der Waals surface area contributed by atoms with Crippen LogP contribution in [0.15, 0.2) is 58.9 Å². The van der Waals surface area contributed by atoms with Gasteiger partial charge in [0.1, 0.15) is 17.2 Å². The number of imide groups is 1. The van der Waals surface area contributed by atoms with Gasteiger partial charge in [-0.2, -0.15) is 0 Å². The number of nitrogens with zero attached hydrogens (tertiary/aromatic N) is 1. The second-order valence-corrected chi connectivity index (χ2v) is 4.72. The average Bonchev–Trinajstić information content (AvgIpc) is 3.13. The third-order valence-electron chi connectivity index (χ3n) is 3.27. The molecule has 3 rings (SSSR count). The van der Waals surface area contributed by atoms with Gasteiger partial charge in [-0.15, -0.1) is 0 Å². The quantitative estimate of drug-likeness (QED) is 0.856.